The van der Waals surface area contributed by atoms with Crippen molar-refractivity contribution in [3.05, 3.63) is 59.4 Å². The van der Waals surface area contributed by atoms with Crippen molar-refractivity contribution in [1.29, 1.82) is 0 Å². The maximum atomic E-state index is 13.6. The van der Waals surface area contributed by atoms with Crippen LogP contribution in [0.3, 0.4) is 0 Å². The van der Waals surface area contributed by atoms with Gasteiger partial charge in [-0.25, -0.2) is 9.37 Å². The van der Waals surface area contributed by atoms with Gasteiger partial charge >= 0.3 is 0 Å². The molecule has 0 spiro atoms. The fraction of sp³-hybridized carbons (Fsp3) is 0.111. The zero-order valence-corrected chi connectivity index (χ0v) is 14.4. The Balaban J connectivity index is 1.83. The predicted molar refractivity (Wildman–Crippen MR) is 95.0 cm³/mol. The van der Waals surface area contributed by atoms with E-state index in [1.807, 2.05) is 6.07 Å². The minimum absolute atomic E-state index is 0.119. The SMILES string of the molecule is COc1ccc(-c2nc(C(=O)Nc3ccccc3F)cs2)cc1OC. The molecule has 25 heavy (non-hydrogen) atoms. The van der Waals surface area contributed by atoms with E-state index in [4.69, 9.17) is 9.47 Å². The largest absolute Gasteiger partial charge is 0.493 e. The number of methoxy groups -OCH3 is 2. The first-order valence-corrected chi connectivity index (χ1v) is 8.24. The van der Waals surface area contributed by atoms with Crippen LogP contribution in [0.4, 0.5) is 10.1 Å². The standard InChI is InChI=1S/C18H15FN2O3S/c1-23-15-8-7-11(9-16(15)24-2)18-21-14(10-25-18)17(22)20-13-6-4-3-5-12(13)19/h3-10H,1-2H3,(H,20,22). The van der Waals surface area contributed by atoms with Crippen LogP contribution in [0, 0.1) is 5.82 Å². The van der Waals surface area contributed by atoms with Crippen molar-refractivity contribution in [3.63, 3.8) is 0 Å². The van der Waals surface area contributed by atoms with Crippen LogP contribution in [-0.4, -0.2) is 25.1 Å². The van der Waals surface area contributed by atoms with Gasteiger partial charge in [-0.3, -0.25) is 4.79 Å². The number of hydrogen-bond acceptors (Lipinski definition) is 5. The number of nitrogens with zero attached hydrogens (tertiary/aromatic N) is 1. The van der Waals surface area contributed by atoms with E-state index in [1.54, 1.807) is 43.9 Å². The summed E-state index contributed by atoms with van der Waals surface area (Å²) in [6.45, 7) is 0. The summed E-state index contributed by atoms with van der Waals surface area (Å²) in [7, 11) is 3.11. The maximum Gasteiger partial charge on any atom is 0.275 e. The number of benzene rings is 2. The molecule has 1 aromatic heterocycles. The molecule has 2 aromatic carbocycles. The van der Waals surface area contributed by atoms with Gasteiger partial charge in [-0.1, -0.05) is 12.1 Å². The van der Waals surface area contributed by atoms with E-state index in [0.717, 1.165) is 5.56 Å². The summed E-state index contributed by atoms with van der Waals surface area (Å²) in [5.41, 5.74) is 1.14. The van der Waals surface area contributed by atoms with Gasteiger partial charge in [0.05, 0.1) is 19.9 Å². The Hall–Kier alpha value is -2.93. The number of aromatic nitrogens is 1. The molecule has 5 nitrogen and oxygen atoms in total. The summed E-state index contributed by atoms with van der Waals surface area (Å²) in [4.78, 5) is 16.6. The van der Waals surface area contributed by atoms with Crippen LogP contribution >= 0.6 is 11.3 Å². The summed E-state index contributed by atoms with van der Waals surface area (Å²) < 4.78 is 24.1. The molecule has 0 bridgehead atoms. The van der Waals surface area contributed by atoms with Crippen LogP contribution in [0.25, 0.3) is 10.6 Å². The molecule has 128 valence electrons. The number of amides is 1. The van der Waals surface area contributed by atoms with Crippen molar-refractivity contribution < 1.29 is 18.7 Å². The number of halogens is 1. The Labute approximate surface area is 148 Å². The predicted octanol–water partition coefficient (Wildman–Crippen LogP) is 4.22. The van der Waals surface area contributed by atoms with Gasteiger partial charge in [0.25, 0.3) is 5.91 Å². The number of carbonyl (C=O) groups is 1. The molecule has 0 radical (unpaired) electrons. The Morgan fingerprint density at radius 2 is 1.88 bits per heavy atom. The monoisotopic (exact) mass is 358 g/mol. The number of rotatable bonds is 5. The van der Waals surface area contributed by atoms with Crippen LogP contribution in [0.1, 0.15) is 10.5 Å². The lowest BCUT2D eigenvalue weighted by Crippen LogP contribution is -2.13. The topological polar surface area (TPSA) is 60.5 Å². The van der Waals surface area contributed by atoms with E-state index in [0.29, 0.717) is 16.5 Å². The van der Waals surface area contributed by atoms with Crippen molar-refractivity contribution in [2.24, 2.45) is 0 Å². The average molecular weight is 358 g/mol. The molecule has 0 aliphatic rings. The molecule has 3 rings (SSSR count). The van der Waals surface area contributed by atoms with Gasteiger partial charge in [0.15, 0.2) is 11.5 Å². The van der Waals surface area contributed by atoms with E-state index in [1.165, 1.54) is 23.5 Å². The summed E-state index contributed by atoms with van der Waals surface area (Å²) in [5, 5.41) is 4.80. The molecule has 0 saturated heterocycles. The summed E-state index contributed by atoms with van der Waals surface area (Å²) in [6, 6.07) is 11.4. The molecular formula is C18H15FN2O3S. The fourth-order valence-corrected chi connectivity index (χ4v) is 3.03. The molecule has 1 N–H and O–H groups in total. The average Bonchev–Trinajstić information content (AvgIpc) is 3.13. The van der Waals surface area contributed by atoms with E-state index in [9.17, 15) is 9.18 Å². The van der Waals surface area contributed by atoms with Crippen LogP contribution < -0.4 is 14.8 Å². The zero-order valence-electron chi connectivity index (χ0n) is 13.6. The molecular weight excluding hydrogens is 343 g/mol. The van der Waals surface area contributed by atoms with Crippen molar-refractivity contribution >= 4 is 22.9 Å². The van der Waals surface area contributed by atoms with E-state index in [-0.39, 0.29) is 11.4 Å². The van der Waals surface area contributed by atoms with Crippen LogP contribution in [0.15, 0.2) is 47.8 Å². The van der Waals surface area contributed by atoms with E-state index in [2.05, 4.69) is 10.3 Å². The maximum absolute atomic E-state index is 13.6. The van der Waals surface area contributed by atoms with Gasteiger partial charge in [-0.2, -0.15) is 0 Å². The lowest BCUT2D eigenvalue weighted by atomic mass is 10.2. The number of hydrogen-bond donors (Lipinski definition) is 1. The molecule has 0 atom stereocenters. The first-order chi connectivity index (χ1) is 12.1. The second kappa shape index (κ2) is 7.31. The molecule has 0 aliphatic carbocycles. The van der Waals surface area contributed by atoms with Gasteiger partial charge in [0.2, 0.25) is 0 Å². The molecule has 0 unspecified atom stereocenters. The highest BCUT2D eigenvalue weighted by atomic mass is 32.1. The lowest BCUT2D eigenvalue weighted by Gasteiger charge is -2.08. The molecule has 3 aromatic rings. The van der Waals surface area contributed by atoms with Crippen molar-refractivity contribution in [1.82, 2.24) is 4.98 Å². The Bertz CT molecular complexity index is 911. The van der Waals surface area contributed by atoms with Gasteiger partial charge in [-0.15, -0.1) is 11.3 Å². The van der Waals surface area contributed by atoms with Crippen molar-refractivity contribution in [3.8, 4) is 22.1 Å². The van der Waals surface area contributed by atoms with E-state index >= 15 is 0 Å². The number of thiazole rings is 1. The second-order valence-electron chi connectivity index (χ2n) is 5.04. The number of ether oxygens (including phenoxy) is 2. The minimum atomic E-state index is -0.494. The first kappa shape index (κ1) is 16.9. The van der Waals surface area contributed by atoms with Crippen LogP contribution in [0.2, 0.25) is 0 Å². The number of carbonyl (C=O) groups excluding carboxylic acids is 1. The number of anilines is 1. The van der Waals surface area contributed by atoms with Gasteiger partial charge in [0.1, 0.15) is 16.5 Å². The molecule has 0 aliphatic heterocycles. The molecule has 0 fully saturated rings. The summed E-state index contributed by atoms with van der Waals surface area (Å²) >= 11 is 1.32. The van der Waals surface area contributed by atoms with Crippen LogP contribution in [0.5, 0.6) is 11.5 Å². The highest BCUT2D eigenvalue weighted by Gasteiger charge is 2.15. The Kier molecular flexibility index (Phi) is 4.95. The zero-order chi connectivity index (χ0) is 17.8. The quantitative estimate of drug-likeness (QED) is 0.742. The highest BCUT2D eigenvalue weighted by Crippen LogP contribution is 2.33. The van der Waals surface area contributed by atoms with Gasteiger partial charge in [0, 0.05) is 10.9 Å². The normalized spacial score (nSPS) is 10.4. The third-order valence-corrected chi connectivity index (χ3v) is 4.38. The van der Waals surface area contributed by atoms with Crippen molar-refractivity contribution in [2.45, 2.75) is 0 Å². The summed E-state index contributed by atoms with van der Waals surface area (Å²) in [5.74, 6) is 0.229. The lowest BCUT2D eigenvalue weighted by molar-refractivity contribution is 0.102. The Morgan fingerprint density at radius 1 is 1.12 bits per heavy atom. The minimum Gasteiger partial charge on any atom is -0.493 e. The third-order valence-electron chi connectivity index (χ3n) is 3.49. The van der Waals surface area contributed by atoms with E-state index < -0.39 is 11.7 Å². The van der Waals surface area contributed by atoms with Gasteiger partial charge in [-0.05, 0) is 30.3 Å². The number of para-hydroxylation sites is 1. The summed E-state index contributed by atoms with van der Waals surface area (Å²) in [6.07, 6.45) is 0. The third kappa shape index (κ3) is 3.61. The number of nitrogens with one attached hydrogen (secondary N) is 1. The first-order valence-electron chi connectivity index (χ1n) is 7.36. The Morgan fingerprint density at radius 3 is 2.60 bits per heavy atom. The second-order valence-corrected chi connectivity index (χ2v) is 5.90. The smallest absolute Gasteiger partial charge is 0.275 e. The fourth-order valence-electron chi connectivity index (χ4n) is 2.23. The molecule has 0 saturated carbocycles. The molecule has 7 heteroatoms. The van der Waals surface area contributed by atoms with Gasteiger partial charge < -0.3 is 14.8 Å². The molecule has 1 amide bonds. The van der Waals surface area contributed by atoms with Crippen molar-refractivity contribution in [2.75, 3.05) is 19.5 Å². The molecule has 1 heterocycles. The van der Waals surface area contributed by atoms with Crippen LogP contribution in [-0.2, 0) is 0 Å². The highest BCUT2D eigenvalue weighted by molar-refractivity contribution is 7.13.